The molecule has 0 bridgehead atoms. The van der Waals surface area contributed by atoms with Crippen molar-refractivity contribution in [3.8, 4) is 28.3 Å². The third-order valence-corrected chi connectivity index (χ3v) is 6.29. The molecule has 1 heterocycles. The van der Waals surface area contributed by atoms with Crippen LogP contribution in [-0.4, -0.2) is 41.6 Å². The maximum Gasteiger partial charge on any atom is 0.407 e. The van der Waals surface area contributed by atoms with E-state index in [1.807, 2.05) is 31.2 Å². The zero-order valence-electron chi connectivity index (χ0n) is 21.8. The first-order chi connectivity index (χ1) is 17.9. The Morgan fingerprint density at radius 1 is 1.00 bits per heavy atom. The molecule has 3 aromatic carbocycles. The fourth-order valence-corrected chi connectivity index (χ4v) is 4.46. The lowest BCUT2D eigenvalue weighted by Gasteiger charge is -2.22. The zero-order valence-corrected chi connectivity index (χ0v) is 21.8. The first-order valence-corrected chi connectivity index (χ1v) is 12.3. The number of nitrogens with zero attached hydrogens (tertiary/aromatic N) is 2. The Morgan fingerprint density at radius 2 is 1.66 bits per heavy atom. The van der Waals surface area contributed by atoms with Crippen molar-refractivity contribution in [3.63, 3.8) is 0 Å². The molecule has 1 aliphatic rings. The van der Waals surface area contributed by atoms with Gasteiger partial charge >= 0.3 is 6.09 Å². The van der Waals surface area contributed by atoms with Crippen LogP contribution in [0.3, 0.4) is 0 Å². The number of hydrogen-bond acceptors (Lipinski definition) is 4. The average molecular weight is 518 g/mol. The fraction of sp³-hybridized carbons (Fsp3) is 0.300. The monoisotopic (exact) mass is 517 g/mol. The first kappa shape index (κ1) is 26.8. The highest BCUT2D eigenvalue weighted by Gasteiger charge is 2.30. The van der Waals surface area contributed by atoms with Crippen molar-refractivity contribution in [2.45, 2.75) is 45.8 Å². The van der Waals surface area contributed by atoms with E-state index in [9.17, 15) is 18.4 Å². The summed E-state index contributed by atoms with van der Waals surface area (Å²) >= 11 is 0. The Morgan fingerprint density at radius 3 is 2.26 bits per heavy atom. The van der Waals surface area contributed by atoms with Gasteiger partial charge in [-0.25, -0.2) is 13.6 Å². The Hall–Kier alpha value is -4.25. The molecule has 2 amide bonds. The number of benzene rings is 3. The number of halogens is 2. The molecule has 3 aromatic rings. The summed E-state index contributed by atoms with van der Waals surface area (Å²) in [4.78, 5) is 27.2. The number of amides is 2. The van der Waals surface area contributed by atoms with Crippen molar-refractivity contribution < 1.29 is 23.1 Å². The highest BCUT2D eigenvalue weighted by Crippen LogP contribution is 2.35. The zero-order chi connectivity index (χ0) is 27.6. The molecule has 0 unspecified atom stereocenters. The van der Waals surface area contributed by atoms with Crippen molar-refractivity contribution in [1.82, 2.24) is 10.2 Å². The van der Waals surface area contributed by atoms with Gasteiger partial charge in [0.2, 0.25) is 0 Å². The van der Waals surface area contributed by atoms with Crippen molar-refractivity contribution in [3.05, 3.63) is 82.9 Å². The van der Waals surface area contributed by atoms with Crippen LogP contribution in [-0.2, 0) is 4.74 Å². The van der Waals surface area contributed by atoms with Crippen molar-refractivity contribution >= 4 is 12.0 Å². The number of aryl methyl sites for hydroxylation is 1. The second-order valence-corrected chi connectivity index (χ2v) is 10.4. The van der Waals surface area contributed by atoms with E-state index in [0.717, 1.165) is 23.3 Å². The summed E-state index contributed by atoms with van der Waals surface area (Å²) in [6.07, 6.45) is 0.0390. The number of likely N-dealkylation sites (tertiary alicyclic amines) is 1. The number of carbonyl (C=O) groups excluding carboxylic acids is 2. The van der Waals surface area contributed by atoms with Crippen molar-refractivity contribution in [2.75, 3.05) is 13.1 Å². The molecule has 8 heteroatoms. The molecular formula is C30H29F2N3O3. The highest BCUT2D eigenvalue weighted by molar-refractivity contribution is 5.98. The molecule has 0 aliphatic carbocycles. The Bertz CT molecular complexity index is 1400. The van der Waals surface area contributed by atoms with Crippen LogP contribution in [0, 0.1) is 29.9 Å². The SMILES string of the molecule is Cc1ccc(-c2ccc(C(=O)N3CC[C@H](NC(=O)OC(C)(C)C)C3)cc2-c2cc(F)c(C#N)c(F)c2)cc1. The van der Waals surface area contributed by atoms with Gasteiger partial charge in [0.25, 0.3) is 5.91 Å². The summed E-state index contributed by atoms with van der Waals surface area (Å²) in [5, 5.41) is 11.9. The van der Waals surface area contributed by atoms with Gasteiger partial charge in [0.15, 0.2) is 0 Å². The Balaban J connectivity index is 1.65. The van der Waals surface area contributed by atoms with Crippen molar-refractivity contribution in [2.24, 2.45) is 0 Å². The topological polar surface area (TPSA) is 82.4 Å². The first-order valence-electron chi connectivity index (χ1n) is 12.3. The summed E-state index contributed by atoms with van der Waals surface area (Å²) in [5.41, 5.74) is 2.31. The minimum absolute atomic E-state index is 0.218. The van der Waals surface area contributed by atoms with Crippen LogP contribution in [0.25, 0.3) is 22.3 Å². The Labute approximate surface area is 220 Å². The molecule has 1 atom stereocenters. The van der Waals surface area contributed by atoms with Gasteiger partial charge in [-0.2, -0.15) is 5.26 Å². The van der Waals surface area contributed by atoms with E-state index < -0.39 is 28.9 Å². The van der Waals surface area contributed by atoms with Gasteiger partial charge in [0, 0.05) is 18.7 Å². The lowest BCUT2D eigenvalue weighted by molar-refractivity contribution is 0.0502. The molecule has 0 aromatic heterocycles. The third-order valence-electron chi connectivity index (χ3n) is 6.29. The number of nitrogens with one attached hydrogen (secondary N) is 1. The molecule has 1 saturated heterocycles. The predicted octanol–water partition coefficient (Wildman–Crippen LogP) is 6.22. The quantitative estimate of drug-likeness (QED) is 0.446. The number of hydrogen-bond donors (Lipinski definition) is 1. The lowest BCUT2D eigenvalue weighted by atomic mass is 9.91. The van der Waals surface area contributed by atoms with Crippen LogP contribution >= 0.6 is 0 Å². The lowest BCUT2D eigenvalue weighted by Crippen LogP contribution is -2.41. The molecule has 0 radical (unpaired) electrons. The normalized spacial score (nSPS) is 15.2. The van der Waals surface area contributed by atoms with E-state index in [2.05, 4.69) is 5.32 Å². The van der Waals surface area contributed by atoms with Crippen LogP contribution in [0.5, 0.6) is 0 Å². The van der Waals surface area contributed by atoms with Crippen LogP contribution < -0.4 is 5.32 Å². The second kappa shape index (κ2) is 10.6. The maximum atomic E-state index is 14.6. The number of ether oxygens (including phenoxy) is 1. The van der Waals surface area contributed by atoms with Gasteiger partial charge in [-0.1, -0.05) is 35.9 Å². The van der Waals surface area contributed by atoms with E-state index in [1.165, 1.54) is 0 Å². The minimum atomic E-state index is -0.968. The molecule has 0 spiro atoms. The molecule has 0 saturated carbocycles. The molecular weight excluding hydrogens is 488 g/mol. The van der Waals surface area contributed by atoms with E-state index in [4.69, 9.17) is 10.00 Å². The summed E-state index contributed by atoms with van der Waals surface area (Å²) in [6.45, 7) is 8.04. The van der Waals surface area contributed by atoms with Gasteiger partial charge in [-0.05, 0) is 80.6 Å². The number of rotatable bonds is 4. The summed E-state index contributed by atoms with van der Waals surface area (Å²) in [6, 6.07) is 16.2. The third kappa shape index (κ3) is 6.00. The number of alkyl carbamates (subject to hydrolysis) is 1. The standard InChI is InChI=1S/C30H29F2N3O3/c1-18-5-7-19(8-6-18)23-10-9-20(13-24(23)21-14-26(31)25(16-33)27(32)15-21)28(36)35-12-11-22(17-35)34-29(37)38-30(2,3)4/h5-10,13-15,22H,11-12,17H2,1-4H3,(H,34,37)/t22-/m0/s1. The largest absolute Gasteiger partial charge is 0.444 e. The Kier molecular flexibility index (Phi) is 7.49. The van der Waals surface area contributed by atoms with Gasteiger partial charge in [0.05, 0.1) is 6.04 Å². The van der Waals surface area contributed by atoms with E-state index in [1.54, 1.807) is 49.9 Å². The number of carbonyl (C=O) groups is 2. The van der Waals surface area contributed by atoms with E-state index in [-0.39, 0.29) is 17.5 Å². The summed E-state index contributed by atoms with van der Waals surface area (Å²) < 4.78 is 34.4. The predicted molar refractivity (Wildman–Crippen MR) is 140 cm³/mol. The smallest absolute Gasteiger partial charge is 0.407 e. The number of nitriles is 1. The van der Waals surface area contributed by atoms with Crippen LogP contribution in [0.1, 0.15) is 48.7 Å². The van der Waals surface area contributed by atoms with Gasteiger partial charge in [0.1, 0.15) is 28.9 Å². The van der Waals surface area contributed by atoms with Gasteiger partial charge in [-0.3, -0.25) is 4.79 Å². The average Bonchev–Trinajstić information content (AvgIpc) is 3.30. The maximum absolute atomic E-state index is 14.6. The van der Waals surface area contributed by atoms with Crippen LogP contribution in [0.4, 0.5) is 13.6 Å². The minimum Gasteiger partial charge on any atom is -0.444 e. The highest BCUT2D eigenvalue weighted by atomic mass is 19.1. The van der Waals surface area contributed by atoms with E-state index >= 15 is 0 Å². The van der Waals surface area contributed by atoms with Crippen LogP contribution in [0.15, 0.2) is 54.6 Å². The van der Waals surface area contributed by atoms with Crippen LogP contribution in [0.2, 0.25) is 0 Å². The molecule has 1 fully saturated rings. The summed E-state index contributed by atoms with van der Waals surface area (Å²) in [5.74, 6) is -2.20. The summed E-state index contributed by atoms with van der Waals surface area (Å²) in [7, 11) is 0. The van der Waals surface area contributed by atoms with Gasteiger partial charge < -0.3 is 15.0 Å². The molecule has 1 N–H and O–H groups in total. The molecule has 38 heavy (non-hydrogen) atoms. The molecule has 1 aliphatic heterocycles. The van der Waals surface area contributed by atoms with E-state index in [0.29, 0.717) is 36.2 Å². The second-order valence-electron chi connectivity index (χ2n) is 10.4. The van der Waals surface area contributed by atoms with Gasteiger partial charge in [-0.15, -0.1) is 0 Å². The fourth-order valence-electron chi connectivity index (χ4n) is 4.46. The van der Waals surface area contributed by atoms with Crippen molar-refractivity contribution in [1.29, 1.82) is 5.26 Å². The molecule has 6 nitrogen and oxygen atoms in total. The molecule has 196 valence electrons. The molecule has 4 rings (SSSR count).